The van der Waals surface area contributed by atoms with Gasteiger partial charge in [-0.2, -0.15) is 0 Å². The van der Waals surface area contributed by atoms with Gasteiger partial charge < -0.3 is 19.5 Å². The molecular formula is C23H31N5O3. The lowest BCUT2D eigenvalue weighted by atomic mass is 10.0. The Balaban J connectivity index is 1.21. The molecule has 8 nitrogen and oxygen atoms in total. The number of nitrogens with zero attached hydrogens (tertiary/aromatic N) is 3. The van der Waals surface area contributed by atoms with Crippen LogP contribution < -0.4 is 5.32 Å². The van der Waals surface area contributed by atoms with E-state index in [0.29, 0.717) is 37.6 Å². The normalized spacial score (nSPS) is 15.4. The summed E-state index contributed by atoms with van der Waals surface area (Å²) in [6.45, 7) is 8.19. The van der Waals surface area contributed by atoms with Gasteiger partial charge in [-0.15, -0.1) is 10.2 Å². The monoisotopic (exact) mass is 425 g/mol. The molecular weight excluding hydrogens is 394 g/mol. The number of carbonyl (C=O) groups is 1. The molecule has 1 amide bonds. The molecule has 0 bridgehead atoms. The number of amides is 1. The highest BCUT2D eigenvalue weighted by atomic mass is 16.5. The lowest BCUT2D eigenvalue weighted by Crippen LogP contribution is -2.55. The zero-order valence-corrected chi connectivity index (χ0v) is 18.3. The number of fused-ring (bicyclic) bond motifs is 1. The van der Waals surface area contributed by atoms with Gasteiger partial charge in [0.15, 0.2) is 0 Å². The van der Waals surface area contributed by atoms with E-state index < -0.39 is 0 Å². The molecule has 0 spiro atoms. The first-order chi connectivity index (χ1) is 15.0. The van der Waals surface area contributed by atoms with E-state index in [0.717, 1.165) is 38.2 Å². The molecule has 0 radical (unpaired) electrons. The molecule has 0 atom stereocenters. The van der Waals surface area contributed by atoms with Crippen molar-refractivity contribution in [2.45, 2.75) is 45.1 Å². The summed E-state index contributed by atoms with van der Waals surface area (Å²) in [7, 11) is 0. The number of benzene rings is 1. The lowest BCUT2D eigenvalue weighted by molar-refractivity contribution is -0.122. The van der Waals surface area contributed by atoms with Gasteiger partial charge in [0, 0.05) is 61.5 Å². The number of H-pyrrole nitrogens is 1. The largest absolute Gasteiger partial charge is 0.425 e. The van der Waals surface area contributed by atoms with Crippen LogP contribution in [0.15, 0.2) is 34.9 Å². The molecule has 1 saturated heterocycles. The Morgan fingerprint density at radius 3 is 2.68 bits per heavy atom. The predicted molar refractivity (Wildman–Crippen MR) is 118 cm³/mol. The lowest BCUT2D eigenvalue weighted by Gasteiger charge is -2.40. The van der Waals surface area contributed by atoms with Crippen molar-refractivity contribution in [3.63, 3.8) is 0 Å². The van der Waals surface area contributed by atoms with Crippen molar-refractivity contribution < 1.29 is 13.9 Å². The summed E-state index contributed by atoms with van der Waals surface area (Å²) in [5.74, 6) is 1.12. The van der Waals surface area contributed by atoms with E-state index in [-0.39, 0.29) is 11.4 Å². The van der Waals surface area contributed by atoms with Gasteiger partial charge in [0.05, 0.1) is 13.2 Å². The van der Waals surface area contributed by atoms with Crippen LogP contribution in [0.5, 0.6) is 0 Å². The maximum Gasteiger partial charge on any atom is 0.220 e. The number of aryl methyl sites for hydroxylation is 3. The van der Waals surface area contributed by atoms with Gasteiger partial charge in [-0.1, -0.05) is 18.2 Å². The van der Waals surface area contributed by atoms with Gasteiger partial charge in [0.25, 0.3) is 0 Å². The number of hydrogen-bond donors (Lipinski definition) is 2. The highest BCUT2D eigenvalue weighted by Gasteiger charge is 2.28. The van der Waals surface area contributed by atoms with Crippen LogP contribution in [0.4, 0.5) is 0 Å². The van der Waals surface area contributed by atoms with Gasteiger partial charge >= 0.3 is 0 Å². The Bertz CT molecular complexity index is 1000. The molecule has 1 fully saturated rings. The molecule has 4 rings (SSSR count). The number of ether oxygens (including phenoxy) is 1. The average molecular weight is 426 g/mol. The fourth-order valence-corrected chi connectivity index (χ4v) is 3.97. The van der Waals surface area contributed by atoms with Crippen molar-refractivity contribution in [1.82, 2.24) is 25.4 Å². The van der Waals surface area contributed by atoms with E-state index in [1.54, 1.807) is 0 Å². The molecule has 31 heavy (non-hydrogen) atoms. The Morgan fingerprint density at radius 1 is 1.13 bits per heavy atom. The van der Waals surface area contributed by atoms with E-state index in [4.69, 9.17) is 9.15 Å². The summed E-state index contributed by atoms with van der Waals surface area (Å²) in [5.41, 5.74) is 2.27. The second-order valence-electron chi connectivity index (χ2n) is 8.64. The Kier molecular flexibility index (Phi) is 6.67. The third-order valence-corrected chi connectivity index (χ3v) is 5.94. The Hall–Kier alpha value is -2.71. The van der Waals surface area contributed by atoms with Crippen LogP contribution in [-0.4, -0.2) is 64.4 Å². The molecule has 1 aliphatic rings. The molecule has 0 saturated carbocycles. The van der Waals surface area contributed by atoms with Crippen LogP contribution in [0, 0.1) is 0 Å². The van der Waals surface area contributed by atoms with Crippen molar-refractivity contribution in [1.29, 1.82) is 0 Å². The van der Waals surface area contributed by atoms with Gasteiger partial charge in [-0.05, 0) is 31.9 Å². The number of hydrogen-bond acceptors (Lipinski definition) is 6. The molecule has 166 valence electrons. The third kappa shape index (κ3) is 5.51. The maximum absolute atomic E-state index is 12.3. The van der Waals surface area contributed by atoms with Crippen molar-refractivity contribution in [3.8, 4) is 0 Å². The quantitative estimate of drug-likeness (QED) is 0.547. The molecule has 3 aromatic rings. The fraction of sp³-hybridized carbons (Fsp3) is 0.522. The van der Waals surface area contributed by atoms with Crippen LogP contribution in [0.1, 0.15) is 37.6 Å². The summed E-state index contributed by atoms with van der Waals surface area (Å²) in [6.07, 6.45) is 4.31. The minimum absolute atomic E-state index is 0.000114. The standard InChI is InChI=1S/C23H31N5O3/c1-23(2,28-11-13-30-14-12-28)16-25-20(29)8-10-22-27-26-21(31-22)9-7-17-15-24-19-6-4-3-5-18(17)19/h3-6,15,24H,7-14,16H2,1-2H3,(H,25,29). The Labute approximate surface area is 182 Å². The van der Waals surface area contributed by atoms with E-state index >= 15 is 0 Å². The van der Waals surface area contributed by atoms with Crippen molar-refractivity contribution in [3.05, 3.63) is 47.8 Å². The molecule has 3 heterocycles. The average Bonchev–Trinajstić information content (AvgIpc) is 3.42. The first-order valence-electron chi connectivity index (χ1n) is 11.0. The summed E-state index contributed by atoms with van der Waals surface area (Å²) in [6, 6.07) is 8.24. The molecule has 2 N–H and O–H groups in total. The summed E-state index contributed by atoms with van der Waals surface area (Å²) in [4.78, 5) is 18.0. The van der Waals surface area contributed by atoms with Crippen molar-refractivity contribution >= 4 is 16.8 Å². The summed E-state index contributed by atoms with van der Waals surface area (Å²) >= 11 is 0. The molecule has 0 aliphatic carbocycles. The van der Waals surface area contributed by atoms with E-state index in [2.05, 4.69) is 51.4 Å². The fourth-order valence-electron chi connectivity index (χ4n) is 3.97. The number of para-hydroxylation sites is 1. The van der Waals surface area contributed by atoms with Crippen LogP contribution in [0.2, 0.25) is 0 Å². The SMILES string of the molecule is CC(C)(CNC(=O)CCc1nnc(CCc2c[nH]c3ccccc23)o1)N1CCOCC1. The van der Waals surface area contributed by atoms with Gasteiger partial charge in [-0.3, -0.25) is 9.69 Å². The topological polar surface area (TPSA) is 96.3 Å². The minimum atomic E-state index is -0.0977. The maximum atomic E-state index is 12.3. The highest BCUT2D eigenvalue weighted by Crippen LogP contribution is 2.19. The number of aromatic nitrogens is 3. The molecule has 2 aromatic heterocycles. The minimum Gasteiger partial charge on any atom is -0.425 e. The number of rotatable bonds is 9. The number of aromatic amines is 1. The number of carbonyl (C=O) groups excluding carboxylic acids is 1. The number of morpholine rings is 1. The molecule has 1 aromatic carbocycles. The highest BCUT2D eigenvalue weighted by molar-refractivity contribution is 5.83. The van der Waals surface area contributed by atoms with Gasteiger partial charge in [-0.25, -0.2) is 0 Å². The van der Waals surface area contributed by atoms with Gasteiger partial charge in [0.2, 0.25) is 17.7 Å². The van der Waals surface area contributed by atoms with Crippen LogP contribution >= 0.6 is 0 Å². The number of nitrogens with one attached hydrogen (secondary N) is 2. The van der Waals surface area contributed by atoms with Crippen LogP contribution in [0.25, 0.3) is 10.9 Å². The zero-order chi connectivity index (χ0) is 21.7. The van der Waals surface area contributed by atoms with E-state index in [9.17, 15) is 4.79 Å². The predicted octanol–water partition coefficient (Wildman–Crippen LogP) is 2.50. The van der Waals surface area contributed by atoms with E-state index in [1.807, 2.05) is 18.3 Å². The van der Waals surface area contributed by atoms with Crippen molar-refractivity contribution in [2.24, 2.45) is 0 Å². The van der Waals surface area contributed by atoms with Gasteiger partial charge in [0.1, 0.15) is 0 Å². The third-order valence-electron chi connectivity index (χ3n) is 5.94. The molecule has 8 heteroatoms. The second-order valence-corrected chi connectivity index (χ2v) is 8.64. The van der Waals surface area contributed by atoms with Crippen LogP contribution in [0.3, 0.4) is 0 Å². The first kappa shape index (κ1) is 21.5. The smallest absolute Gasteiger partial charge is 0.220 e. The zero-order valence-electron chi connectivity index (χ0n) is 18.3. The van der Waals surface area contributed by atoms with E-state index in [1.165, 1.54) is 10.9 Å². The van der Waals surface area contributed by atoms with Crippen LogP contribution in [-0.2, 0) is 28.8 Å². The first-order valence-corrected chi connectivity index (χ1v) is 11.0. The molecule has 0 unspecified atom stereocenters. The van der Waals surface area contributed by atoms with Crippen molar-refractivity contribution in [2.75, 3.05) is 32.8 Å². The summed E-state index contributed by atoms with van der Waals surface area (Å²) in [5, 5.41) is 12.5. The Morgan fingerprint density at radius 2 is 1.87 bits per heavy atom. The molecule has 1 aliphatic heterocycles. The summed E-state index contributed by atoms with van der Waals surface area (Å²) < 4.78 is 11.2. The second kappa shape index (κ2) is 9.62.